The van der Waals surface area contributed by atoms with Crippen LogP contribution in [-0.2, 0) is 32.7 Å². The molecular formula is C15H23N3SY-2. The molecule has 3 nitrogen and oxygen atoms in total. The van der Waals surface area contributed by atoms with Crippen LogP contribution in [0, 0.1) is 25.7 Å². The zero-order valence-electron chi connectivity index (χ0n) is 13.4. The Bertz CT molecular complexity index is 484. The van der Waals surface area contributed by atoms with Crippen LogP contribution in [0.15, 0.2) is 0 Å². The van der Waals surface area contributed by atoms with E-state index in [0.29, 0.717) is 4.99 Å². The van der Waals surface area contributed by atoms with E-state index in [1.54, 1.807) is 0 Å². The Labute approximate surface area is 153 Å². The number of rotatable bonds is 4. The van der Waals surface area contributed by atoms with Gasteiger partial charge in [-0.15, -0.1) is 33.4 Å². The van der Waals surface area contributed by atoms with Gasteiger partial charge >= 0.3 is 0 Å². The molecule has 20 heavy (non-hydrogen) atoms. The van der Waals surface area contributed by atoms with E-state index in [0.717, 1.165) is 17.1 Å². The summed E-state index contributed by atoms with van der Waals surface area (Å²) in [6.07, 6.45) is 0. The number of pyridine rings is 1. The molecule has 109 valence electrons. The van der Waals surface area contributed by atoms with E-state index < -0.39 is 0 Å². The van der Waals surface area contributed by atoms with Gasteiger partial charge < -0.3 is 4.98 Å². The molecule has 0 aromatic carbocycles. The normalized spacial score (nSPS) is 9.55. The van der Waals surface area contributed by atoms with Gasteiger partial charge in [0.25, 0.3) is 0 Å². The van der Waals surface area contributed by atoms with Gasteiger partial charge in [0.1, 0.15) is 0 Å². The predicted octanol–water partition coefficient (Wildman–Crippen LogP) is 3.88. The zero-order valence-corrected chi connectivity index (χ0v) is 17.1. The van der Waals surface area contributed by atoms with E-state index in [4.69, 9.17) is 12.2 Å². The third kappa shape index (κ3) is 4.61. The fraction of sp³-hybridized carbons (Fsp3) is 0.467. The minimum Gasteiger partial charge on any atom is -0.326 e. The van der Waals surface area contributed by atoms with Crippen molar-refractivity contribution in [1.82, 2.24) is 10.4 Å². The molecule has 0 saturated carbocycles. The number of nitrogens with zero attached hydrogens (tertiary/aromatic N) is 1. The van der Waals surface area contributed by atoms with Crippen molar-refractivity contribution in [2.24, 2.45) is 0 Å². The molecule has 0 amide bonds. The summed E-state index contributed by atoms with van der Waals surface area (Å²) in [6.45, 7) is 14.5. The smallest absolute Gasteiger partial charge is 0.0909 e. The van der Waals surface area contributed by atoms with E-state index in [1.807, 2.05) is 13.8 Å². The van der Waals surface area contributed by atoms with Crippen molar-refractivity contribution >= 4 is 23.0 Å². The van der Waals surface area contributed by atoms with Gasteiger partial charge in [-0.05, 0) is 6.92 Å². The summed E-state index contributed by atoms with van der Waals surface area (Å²) >= 11 is 5.01. The summed E-state index contributed by atoms with van der Waals surface area (Å²) in [5.74, 6) is 3.42. The maximum Gasteiger partial charge on any atom is 0.0909 e. The van der Waals surface area contributed by atoms with Crippen LogP contribution >= 0.6 is 12.2 Å². The van der Waals surface area contributed by atoms with Gasteiger partial charge in [0.05, 0.1) is 10.8 Å². The van der Waals surface area contributed by atoms with E-state index in [2.05, 4.69) is 50.5 Å². The van der Waals surface area contributed by atoms with Gasteiger partial charge in [-0.25, -0.2) is 11.8 Å². The van der Waals surface area contributed by atoms with Crippen LogP contribution in [0.3, 0.4) is 0 Å². The van der Waals surface area contributed by atoms with Crippen molar-refractivity contribution in [3.8, 4) is 0 Å². The van der Waals surface area contributed by atoms with E-state index in [-0.39, 0.29) is 32.7 Å². The van der Waals surface area contributed by atoms with Crippen LogP contribution in [0.2, 0.25) is 0 Å². The van der Waals surface area contributed by atoms with E-state index >= 15 is 0 Å². The number of hydrazine groups is 1. The Morgan fingerprint density at radius 1 is 1.05 bits per heavy atom. The fourth-order valence-electron chi connectivity index (χ4n) is 2.30. The molecular weight excluding hydrogens is 343 g/mol. The van der Waals surface area contributed by atoms with Gasteiger partial charge in [-0.1, -0.05) is 26.1 Å². The molecule has 1 radical (unpaired) electrons. The average Bonchev–Trinajstić information content (AvgIpc) is 2.28. The Morgan fingerprint density at radius 3 is 1.95 bits per heavy atom. The molecule has 5 heteroatoms. The van der Waals surface area contributed by atoms with Crippen LogP contribution in [0.1, 0.15) is 57.0 Å². The number of thiocarbonyl (C=S) groups is 1. The topological polar surface area (TPSA) is 37.0 Å². The molecule has 0 fully saturated rings. The largest absolute Gasteiger partial charge is 0.326 e. The molecule has 0 aliphatic rings. The quantitative estimate of drug-likeness (QED) is 0.482. The summed E-state index contributed by atoms with van der Waals surface area (Å²) in [5.41, 5.74) is 10.7. The molecule has 0 spiro atoms. The maximum absolute atomic E-state index is 5.01. The molecule has 1 heterocycles. The Hall–Kier alpha value is -0.316. The summed E-state index contributed by atoms with van der Waals surface area (Å²) in [7, 11) is 0. The van der Waals surface area contributed by atoms with Crippen LogP contribution in [-0.4, -0.2) is 9.97 Å². The number of hydrogen-bond donors (Lipinski definition) is 2. The molecule has 2 N–H and O–H groups in total. The Kier molecular flexibility index (Phi) is 8.08. The molecule has 0 bridgehead atoms. The van der Waals surface area contributed by atoms with E-state index in [1.165, 1.54) is 23.0 Å². The first kappa shape index (κ1) is 19.7. The summed E-state index contributed by atoms with van der Waals surface area (Å²) in [6, 6.07) is 0. The molecule has 1 aromatic heterocycles. The second-order valence-electron chi connectivity index (χ2n) is 5.23. The first-order valence-electron chi connectivity index (χ1n) is 6.40. The van der Waals surface area contributed by atoms with Gasteiger partial charge in [0.15, 0.2) is 0 Å². The number of nitrogens with one attached hydrogen (secondary N) is 2. The van der Waals surface area contributed by atoms with Gasteiger partial charge in [0.2, 0.25) is 0 Å². The van der Waals surface area contributed by atoms with Gasteiger partial charge in [-0.3, -0.25) is 22.0 Å². The number of aryl methyl sites for hydroxylation is 1. The SMILES string of the molecule is CC(=S)NNc1nc(C)c([C-](C)C)c([C-](C)C)c1C.[Y]. The zero-order chi connectivity index (χ0) is 14.7. The second kappa shape index (κ2) is 8.21. The Balaban J connectivity index is 0.00000361. The summed E-state index contributed by atoms with van der Waals surface area (Å²) in [4.78, 5) is 5.34. The third-order valence-electron chi connectivity index (χ3n) is 2.98. The van der Waals surface area contributed by atoms with E-state index in [9.17, 15) is 0 Å². The number of aromatic nitrogens is 1. The number of hydrogen-bond acceptors (Lipinski definition) is 3. The molecule has 0 aliphatic carbocycles. The Morgan fingerprint density at radius 2 is 1.55 bits per heavy atom. The van der Waals surface area contributed by atoms with Crippen LogP contribution in [0.5, 0.6) is 0 Å². The van der Waals surface area contributed by atoms with Crippen molar-refractivity contribution in [3.05, 3.63) is 34.2 Å². The van der Waals surface area contributed by atoms with Crippen molar-refractivity contribution in [1.29, 1.82) is 0 Å². The molecule has 0 saturated heterocycles. The standard InChI is InChI=1S/C15H23N3S.Y/c1-8(2)13-10(5)15(18-17-12(7)19)16-11(6)14(13)9(3)4;/h1-7H3,(H,16,18)(H,17,19);/q-2;. The predicted molar refractivity (Wildman–Crippen MR) is 86.1 cm³/mol. The third-order valence-corrected chi connectivity index (χ3v) is 3.08. The number of anilines is 1. The fourth-order valence-corrected chi connectivity index (χ4v) is 2.35. The van der Waals surface area contributed by atoms with Gasteiger partial charge in [-0.2, -0.15) is 5.56 Å². The summed E-state index contributed by atoms with van der Waals surface area (Å²) in [5, 5.41) is 0. The van der Waals surface area contributed by atoms with Crippen LogP contribution in [0.4, 0.5) is 5.82 Å². The molecule has 1 rings (SSSR count). The molecule has 1 aromatic rings. The van der Waals surface area contributed by atoms with Crippen LogP contribution < -0.4 is 10.9 Å². The van der Waals surface area contributed by atoms with Crippen molar-refractivity contribution < 1.29 is 32.7 Å². The first-order valence-corrected chi connectivity index (χ1v) is 6.81. The summed E-state index contributed by atoms with van der Waals surface area (Å²) < 4.78 is 0. The molecule has 0 aliphatic heterocycles. The van der Waals surface area contributed by atoms with Crippen molar-refractivity contribution in [2.75, 3.05) is 5.43 Å². The molecule has 0 atom stereocenters. The van der Waals surface area contributed by atoms with Crippen molar-refractivity contribution in [3.63, 3.8) is 0 Å². The average molecular weight is 366 g/mol. The maximum atomic E-state index is 5.01. The van der Waals surface area contributed by atoms with Crippen LogP contribution in [0.25, 0.3) is 0 Å². The second-order valence-corrected chi connectivity index (χ2v) is 5.84. The first-order chi connectivity index (χ1) is 8.75. The minimum absolute atomic E-state index is 0. The molecule has 0 unspecified atom stereocenters. The van der Waals surface area contributed by atoms with Crippen molar-refractivity contribution in [2.45, 2.75) is 48.5 Å². The minimum atomic E-state index is 0. The van der Waals surface area contributed by atoms with Gasteiger partial charge in [0, 0.05) is 32.7 Å². The monoisotopic (exact) mass is 366 g/mol.